The number of imidazole rings is 1. The molecule has 1 aliphatic rings. The van der Waals surface area contributed by atoms with Crippen molar-refractivity contribution in [3.8, 4) is 17.4 Å². The molecule has 9 heteroatoms. The summed E-state index contributed by atoms with van der Waals surface area (Å²) in [7, 11) is 1.93. The van der Waals surface area contributed by atoms with Gasteiger partial charge in [-0.05, 0) is 32.0 Å². The van der Waals surface area contributed by atoms with Crippen LogP contribution in [0.4, 0.5) is 0 Å². The molecule has 0 atom stereocenters. The molecule has 1 aliphatic heterocycles. The summed E-state index contributed by atoms with van der Waals surface area (Å²) in [6.07, 6.45) is 2.95. The molecular formula is C24H27N7O2. The zero-order valence-electron chi connectivity index (χ0n) is 19.1. The van der Waals surface area contributed by atoms with Gasteiger partial charge in [-0.25, -0.2) is 9.97 Å². The van der Waals surface area contributed by atoms with Crippen LogP contribution in [0.2, 0.25) is 0 Å². The van der Waals surface area contributed by atoms with Crippen LogP contribution in [0.25, 0.3) is 22.7 Å². The highest BCUT2D eigenvalue weighted by atomic mass is 16.5. The predicted molar refractivity (Wildman–Crippen MR) is 124 cm³/mol. The van der Waals surface area contributed by atoms with Crippen molar-refractivity contribution < 1.29 is 9.53 Å². The van der Waals surface area contributed by atoms with Crippen molar-refractivity contribution in [3.05, 3.63) is 54.0 Å². The van der Waals surface area contributed by atoms with Gasteiger partial charge in [-0.1, -0.05) is 18.2 Å². The number of piperidine rings is 1. The number of hydrogen-bond donors (Lipinski definition) is 0. The van der Waals surface area contributed by atoms with E-state index in [0.29, 0.717) is 30.1 Å². The number of carbonyl (C=O) groups excluding carboxylic acids is 1. The number of nitrogens with zero attached hydrogens (tertiary/aromatic N) is 7. The molecular weight excluding hydrogens is 418 g/mol. The van der Waals surface area contributed by atoms with Crippen LogP contribution < -0.4 is 4.74 Å². The fraction of sp³-hybridized carbons (Fsp3) is 0.375. The number of aromatic nitrogens is 6. The zero-order valence-corrected chi connectivity index (χ0v) is 19.1. The van der Waals surface area contributed by atoms with E-state index in [1.807, 2.05) is 64.5 Å². The van der Waals surface area contributed by atoms with Crippen LogP contribution in [-0.2, 0) is 13.6 Å². The second-order valence-electron chi connectivity index (χ2n) is 8.31. The number of benzene rings is 1. The number of carbonyl (C=O) groups is 1. The van der Waals surface area contributed by atoms with Crippen LogP contribution in [0.3, 0.4) is 0 Å². The summed E-state index contributed by atoms with van der Waals surface area (Å²) in [5.74, 6) is 1.27. The maximum atomic E-state index is 12.7. The number of hydrogen-bond acceptors (Lipinski definition) is 6. The smallest absolute Gasteiger partial charge is 0.253 e. The third-order valence-electron chi connectivity index (χ3n) is 6.16. The van der Waals surface area contributed by atoms with Gasteiger partial charge in [-0.2, -0.15) is 10.1 Å². The molecule has 0 radical (unpaired) electrons. The van der Waals surface area contributed by atoms with E-state index >= 15 is 0 Å². The summed E-state index contributed by atoms with van der Waals surface area (Å²) in [5.41, 5.74) is 3.93. The van der Waals surface area contributed by atoms with Crippen LogP contribution in [0, 0.1) is 6.92 Å². The van der Waals surface area contributed by atoms with Crippen LogP contribution >= 0.6 is 0 Å². The Labute approximate surface area is 192 Å². The number of aryl methyl sites for hydroxylation is 3. The normalized spacial score (nSPS) is 14.7. The van der Waals surface area contributed by atoms with Crippen LogP contribution in [0.5, 0.6) is 5.88 Å². The van der Waals surface area contributed by atoms with Gasteiger partial charge in [0.05, 0.1) is 0 Å². The van der Waals surface area contributed by atoms with E-state index in [0.717, 1.165) is 42.2 Å². The maximum absolute atomic E-state index is 12.7. The Kier molecular flexibility index (Phi) is 5.53. The molecule has 33 heavy (non-hydrogen) atoms. The molecule has 5 rings (SSSR count). The van der Waals surface area contributed by atoms with Crippen LogP contribution in [0.15, 0.2) is 42.7 Å². The second-order valence-corrected chi connectivity index (χ2v) is 8.31. The number of amides is 1. The number of rotatable bonds is 5. The Balaban J connectivity index is 1.33. The maximum Gasteiger partial charge on any atom is 0.253 e. The van der Waals surface area contributed by atoms with Crippen molar-refractivity contribution in [2.75, 3.05) is 13.1 Å². The van der Waals surface area contributed by atoms with E-state index in [1.54, 1.807) is 0 Å². The number of fused-ring (bicyclic) bond motifs is 1. The Hall–Kier alpha value is -3.75. The van der Waals surface area contributed by atoms with E-state index in [1.165, 1.54) is 6.33 Å². The standard InChI is InChI=1S/C24H27N7O2/c1-4-31-16(2)14-19(28-31)21-27-20-22(29(21)3)25-15-26-23(20)33-18-10-12-30(13-11-18)24(32)17-8-6-5-7-9-17/h5-9,14-15,18H,4,10-13H2,1-3H3. The summed E-state index contributed by atoms with van der Waals surface area (Å²) < 4.78 is 10.1. The molecule has 1 fully saturated rings. The Morgan fingerprint density at radius 1 is 1.15 bits per heavy atom. The quantitative estimate of drug-likeness (QED) is 0.468. The molecule has 0 aliphatic carbocycles. The highest BCUT2D eigenvalue weighted by Crippen LogP contribution is 2.28. The van der Waals surface area contributed by atoms with Gasteiger partial charge in [0, 0.05) is 50.8 Å². The molecule has 4 aromatic rings. The average Bonchev–Trinajstić information content (AvgIpc) is 3.39. The Morgan fingerprint density at radius 2 is 1.91 bits per heavy atom. The van der Waals surface area contributed by atoms with Crippen molar-refractivity contribution in [3.63, 3.8) is 0 Å². The first-order chi connectivity index (χ1) is 16.0. The van der Waals surface area contributed by atoms with E-state index < -0.39 is 0 Å². The molecule has 9 nitrogen and oxygen atoms in total. The van der Waals surface area contributed by atoms with E-state index in [4.69, 9.17) is 9.72 Å². The summed E-state index contributed by atoms with van der Waals surface area (Å²) in [6.45, 7) is 6.19. The number of ether oxygens (including phenoxy) is 1. The number of likely N-dealkylation sites (tertiary alicyclic amines) is 1. The van der Waals surface area contributed by atoms with Gasteiger partial charge in [0.15, 0.2) is 17.0 Å². The summed E-state index contributed by atoms with van der Waals surface area (Å²) in [6, 6.07) is 11.4. The Morgan fingerprint density at radius 3 is 2.61 bits per heavy atom. The molecule has 0 spiro atoms. The molecule has 1 amide bonds. The lowest BCUT2D eigenvalue weighted by Gasteiger charge is -2.32. The molecule has 1 aromatic carbocycles. The van der Waals surface area contributed by atoms with Crippen molar-refractivity contribution in [2.45, 2.75) is 39.3 Å². The zero-order chi connectivity index (χ0) is 22.9. The van der Waals surface area contributed by atoms with E-state index in [-0.39, 0.29) is 12.0 Å². The van der Waals surface area contributed by atoms with Crippen LogP contribution in [0.1, 0.15) is 35.8 Å². The molecule has 3 aromatic heterocycles. The average molecular weight is 446 g/mol. The third-order valence-corrected chi connectivity index (χ3v) is 6.16. The molecule has 0 unspecified atom stereocenters. The minimum atomic E-state index is -0.0325. The SMILES string of the molecule is CCn1nc(-c2nc3c(OC4CCN(C(=O)c5ccccc5)CC4)ncnc3n2C)cc1C. The second kappa shape index (κ2) is 8.65. The monoisotopic (exact) mass is 445 g/mol. The predicted octanol–water partition coefficient (Wildman–Crippen LogP) is 3.24. The van der Waals surface area contributed by atoms with Gasteiger partial charge in [0.25, 0.3) is 5.91 Å². The largest absolute Gasteiger partial charge is 0.473 e. The van der Waals surface area contributed by atoms with Crippen molar-refractivity contribution >= 4 is 17.1 Å². The van der Waals surface area contributed by atoms with Gasteiger partial charge in [-0.15, -0.1) is 0 Å². The third kappa shape index (κ3) is 3.94. The minimum absolute atomic E-state index is 0.0325. The van der Waals surface area contributed by atoms with Gasteiger partial charge in [-0.3, -0.25) is 9.48 Å². The molecule has 0 saturated carbocycles. The minimum Gasteiger partial charge on any atom is -0.473 e. The summed E-state index contributed by atoms with van der Waals surface area (Å²) in [5, 5.41) is 4.66. The molecule has 0 bridgehead atoms. The van der Waals surface area contributed by atoms with Crippen molar-refractivity contribution in [1.82, 2.24) is 34.2 Å². The lowest BCUT2D eigenvalue weighted by Crippen LogP contribution is -2.41. The van der Waals surface area contributed by atoms with E-state index in [2.05, 4.69) is 22.0 Å². The first kappa shape index (κ1) is 21.1. The topological polar surface area (TPSA) is 91.0 Å². The highest BCUT2D eigenvalue weighted by molar-refractivity contribution is 5.94. The van der Waals surface area contributed by atoms with Crippen molar-refractivity contribution in [1.29, 1.82) is 0 Å². The van der Waals surface area contributed by atoms with Crippen LogP contribution in [-0.4, -0.2) is 59.3 Å². The fourth-order valence-electron chi connectivity index (χ4n) is 4.33. The van der Waals surface area contributed by atoms with E-state index in [9.17, 15) is 4.79 Å². The summed E-state index contributed by atoms with van der Waals surface area (Å²) >= 11 is 0. The molecule has 4 heterocycles. The first-order valence-electron chi connectivity index (χ1n) is 11.3. The van der Waals surface area contributed by atoms with Gasteiger partial charge in [0.1, 0.15) is 18.1 Å². The fourth-order valence-corrected chi connectivity index (χ4v) is 4.33. The molecule has 0 N–H and O–H groups in total. The first-order valence-corrected chi connectivity index (χ1v) is 11.3. The van der Waals surface area contributed by atoms with Crippen molar-refractivity contribution in [2.24, 2.45) is 7.05 Å². The lowest BCUT2D eigenvalue weighted by atomic mass is 10.1. The summed E-state index contributed by atoms with van der Waals surface area (Å²) in [4.78, 5) is 28.2. The molecule has 170 valence electrons. The Bertz CT molecular complexity index is 1290. The van der Waals surface area contributed by atoms with Gasteiger partial charge in [0.2, 0.25) is 5.88 Å². The van der Waals surface area contributed by atoms with Gasteiger partial charge >= 0.3 is 0 Å². The highest BCUT2D eigenvalue weighted by Gasteiger charge is 2.26. The lowest BCUT2D eigenvalue weighted by molar-refractivity contribution is 0.0590. The van der Waals surface area contributed by atoms with Gasteiger partial charge < -0.3 is 14.2 Å². The molecule has 1 saturated heterocycles.